The summed E-state index contributed by atoms with van der Waals surface area (Å²) in [7, 11) is 0. The van der Waals surface area contributed by atoms with Crippen LogP contribution in [-0.4, -0.2) is 42.1 Å². The first-order valence-electron chi connectivity index (χ1n) is 6.87. The molecular weight excluding hydrogens is 246 g/mol. The molecule has 2 aliphatic heterocycles. The van der Waals surface area contributed by atoms with Crippen molar-refractivity contribution in [2.24, 2.45) is 0 Å². The number of likely N-dealkylation sites (tertiary alicyclic amines) is 1. The molecule has 1 aromatic rings. The molecule has 2 aliphatic rings. The summed E-state index contributed by atoms with van der Waals surface area (Å²) >= 11 is 5.79. The molecule has 2 fully saturated rings. The largest absolute Gasteiger partial charge is 0.355 e. The fraction of sp³-hybridized carbons (Fsp3) is 0.643. The van der Waals surface area contributed by atoms with E-state index in [2.05, 4.69) is 26.9 Å². The van der Waals surface area contributed by atoms with E-state index in [-0.39, 0.29) is 0 Å². The van der Waals surface area contributed by atoms with Crippen LogP contribution in [-0.2, 0) is 5.88 Å². The highest BCUT2D eigenvalue weighted by atomic mass is 35.5. The minimum Gasteiger partial charge on any atom is -0.355 e. The van der Waals surface area contributed by atoms with E-state index in [1.807, 2.05) is 6.20 Å². The SMILES string of the molecule is ClCc1ccc(N2CCC(N3CCCC3)C2)nc1. The van der Waals surface area contributed by atoms with Crippen LogP contribution in [0.5, 0.6) is 0 Å². The molecule has 0 saturated carbocycles. The van der Waals surface area contributed by atoms with Gasteiger partial charge in [-0.2, -0.15) is 0 Å². The van der Waals surface area contributed by atoms with E-state index in [4.69, 9.17) is 11.6 Å². The predicted molar refractivity (Wildman–Crippen MR) is 75.2 cm³/mol. The van der Waals surface area contributed by atoms with Crippen LogP contribution in [0.1, 0.15) is 24.8 Å². The summed E-state index contributed by atoms with van der Waals surface area (Å²) in [5.41, 5.74) is 1.09. The third-order valence-electron chi connectivity index (χ3n) is 4.11. The number of pyridine rings is 1. The molecule has 18 heavy (non-hydrogen) atoms. The Bertz CT molecular complexity index is 387. The molecule has 2 saturated heterocycles. The van der Waals surface area contributed by atoms with Crippen molar-refractivity contribution in [1.29, 1.82) is 0 Å². The maximum atomic E-state index is 5.79. The van der Waals surface area contributed by atoms with Crippen molar-refractivity contribution in [2.75, 3.05) is 31.1 Å². The van der Waals surface area contributed by atoms with Gasteiger partial charge < -0.3 is 4.90 Å². The van der Waals surface area contributed by atoms with E-state index >= 15 is 0 Å². The summed E-state index contributed by atoms with van der Waals surface area (Å²) in [6.07, 6.45) is 5.92. The van der Waals surface area contributed by atoms with Crippen molar-refractivity contribution in [2.45, 2.75) is 31.2 Å². The number of aromatic nitrogens is 1. The molecule has 0 amide bonds. The zero-order valence-corrected chi connectivity index (χ0v) is 11.4. The number of alkyl halides is 1. The average Bonchev–Trinajstić information content (AvgIpc) is 3.09. The zero-order valence-electron chi connectivity index (χ0n) is 10.7. The first kappa shape index (κ1) is 12.2. The van der Waals surface area contributed by atoms with Gasteiger partial charge in [0.2, 0.25) is 0 Å². The first-order chi connectivity index (χ1) is 8.86. The summed E-state index contributed by atoms with van der Waals surface area (Å²) in [6.45, 7) is 4.84. The third-order valence-corrected chi connectivity index (χ3v) is 4.42. The van der Waals surface area contributed by atoms with Gasteiger partial charge in [0.25, 0.3) is 0 Å². The normalized spacial score (nSPS) is 24.9. The lowest BCUT2D eigenvalue weighted by molar-refractivity contribution is 0.260. The summed E-state index contributed by atoms with van der Waals surface area (Å²) in [5.74, 6) is 1.65. The number of anilines is 1. The summed E-state index contributed by atoms with van der Waals surface area (Å²) < 4.78 is 0. The Balaban J connectivity index is 1.63. The van der Waals surface area contributed by atoms with Crippen LogP contribution < -0.4 is 4.90 Å². The number of rotatable bonds is 3. The summed E-state index contributed by atoms with van der Waals surface area (Å²) in [6, 6.07) is 4.92. The number of hydrogen-bond donors (Lipinski definition) is 0. The Morgan fingerprint density at radius 3 is 2.72 bits per heavy atom. The first-order valence-corrected chi connectivity index (χ1v) is 7.40. The molecule has 0 spiro atoms. The van der Waals surface area contributed by atoms with E-state index in [1.54, 1.807) is 0 Å². The van der Waals surface area contributed by atoms with Gasteiger partial charge in [-0.3, -0.25) is 4.90 Å². The Morgan fingerprint density at radius 1 is 1.22 bits per heavy atom. The van der Waals surface area contributed by atoms with Crippen molar-refractivity contribution in [1.82, 2.24) is 9.88 Å². The fourth-order valence-electron chi connectivity index (χ4n) is 3.04. The second-order valence-corrected chi connectivity index (χ2v) is 5.56. The van der Waals surface area contributed by atoms with Crippen LogP contribution in [0.3, 0.4) is 0 Å². The highest BCUT2D eigenvalue weighted by Crippen LogP contribution is 2.24. The van der Waals surface area contributed by atoms with Gasteiger partial charge in [0.05, 0.1) is 0 Å². The highest BCUT2D eigenvalue weighted by molar-refractivity contribution is 6.17. The Hall–Kier alpha value is -0.800. The van der Waals surface area contributed by atoms with Crippen LogP contribution >= 0.6 is 11.6 Å². The van der Waals surface area contributed by atoms with Gasteiger partial charge >= 0.3 is 0 Å². The fourth-order valence-corrected chi connectivity index (χ4v) is 3.20. The third kappa shape index (κ3) is 2.47. The molecule has 1 unspecified atom stereocenters. The second-order valence-electron chi connectivity index (χ2n) is 5.29. The molecular formula is C14H20ClN3. The quantitative estimate of drug-likeness (QED) is 0.783. The molecule has 0 bridgehead atoms. The summed E-state index contributed by atoms with van der Waals surface area (Å²) in [4.78, 5) is 9.57. The van der Waals surface area contributed by atoms with Gasteiger partial charge in [-0.1, -0.05) is 6.07 Å². The Morgan fingerprint density at radius 2 is 2.06 bits per heavy atom. The van der Waals surface area contributed by atoms with Crippen molar-refractivity contribution >= 4 is 17.4 Å². The lowest BCUT2D eigenvalue weighted by atomic mass is 10.2. The number of hydrogen-bond acceptors (Lipinski definition) is 3. The van der Waals surface area contributed by atoms with Gasteiger partial charge in [0.1, 0.15) is 5.82 Å². The molecule has 98 valence electrons. The van der Waals surface area contributed by atoms with E-state index in [0.717, 1.165) is 30.5 Å². The second kappa shape index (κ2) is 5.45. The lowest BCUT2D eigenvalue weighted by Gasteiger charge is -2.24. The van der Waals surface area contributed by atoms with Crippen LogP contribution in [0.4, 0.5) is 5.82 Å². The lowest BCUT2D eigenvalue weighted by Crippen LogP contribution is -2.35. The maximum absolute atomic E-state index is 5.79. The minimum atomic E-state index is 0.545. The van der Waals surface area contributed by atoms with Gasteiger partial charge in [0, 0.05) is 31.2 Å². The Labute approximate surface area is 114 Å². The molecule has 1 atom stereocenters. The number of nitrogens with zero attached hydrogens (tertiary/aromatic N) is 3. The van der Waals surface area contributed by atoms with Gasteiger partial charge in [-0.05, 0) is 44.0 Å². The minimum absolute atomic E-state index is 0.545. The molecule has 3 nitrogen and oxygen atoms in total. The predicted octanol–water partition coefficient (Wildman–Crippen LogP) is 2.49. The molecule has 0 aliphatic carbocycles. The van der Waals surface area contributed by atoms with Gasteiger partial charge in [-0.25, -0.2) is 4.98 Å². The van der Waals surface area contributed by atoms with Gasteiger partial charge in [-0.15, -0.1) is 11.6 Å². The molecule has 3 rings (SSSR count). The zero-order chi connectivity index (χ0) is 12.4. The molecule has 3 heterocycles. The highest BCUT2D eigenvalue weighted by Gasteiger charge is 2.29. The van der Waals surface area contributed by atoms with E-state index in [0.29, 0.717) is 5.88 Å². The molecule has 0 radical (unpaired) electrons. The molecule has 0 aromatic carbocycles. The van der Waals surface area contributed by atoms with Crippen LogP contribution in [0, 0.1) is 0 Å². The molecule has 0 N–H and O–H groups in total. The van der Waals surface area contributed by atoms with Crippen molar-refractivity contribution in [3.8, 4) is 0 Å². The topological polar surface area (TPSA) is 19.4 Å². The molecule has 4 heteroatoms. The van der Waals surface area contributed by atoms with Crippen LogP contribution in [0.25, 0.3) is 0 Å². The van der Waals surface area contributed by atoms with Gasteiger partial charge in [0.15, 0.2) is 0 Å². The monoisotopic (exact) mass is 265 g/mol. The molecule has 1 aromatic heterocycles. The van der Waals surface area contributed by atoms with Crippen molar-refractivity contribution < 1.29 is 0 Å². The maximum Gasteiger partial charge on any atom is 0.128 e. The van der Waals surface area contributed by atoms with E-state index < -0.39 is 0 Å². The average molecular weight is 266 g/mol. The van der Waals surface area contributed by atoms with Crippen molar-refractivity contribution in [3.05, 3.63) is 23.9 Å². The van der Waals surface area contributed by atoms with Crippen LogP contribution in [0.15, 0.2) is 18.3 Å². The number of halogens is 1. The van der Waals surface area contributed by atoms with E-state index in [9.17, 15) is 0 Å². The van der Waals surface area contributed by atoms with Crippen LogP contribution in [0.2, 0.25) is 0 Å². The standard InChI is InChI=1S/C14H20ClN3/c15-9-12-3-4-14(16-10-12)18-8-5-13(11-18)17-6-1-2-7-17/h3-4,10,13H,1-2,5-9,11H2. The van der Waals surface area contributed by atoms with E-state index in [1.165, 1.54) is 32.4 Å². The Kier molecular flexibility index (Phi) is 3.71. The smallest absolute Gasteiger partial charge is 0.128 e. The summed E-state index contributed by atoms with van der Waals surface area (Å²) in [5, 5.41) is 0. The van der Waals surface area contributed by atoms with Crippen molar-refractivity contribution in [3.63, 3.8) is 0 Å².